The molecule has 1 N–H and O–H groups in total. The lowest BCUT2D eigenvalue weighted by atomic mass is 9.90. The lowest BCUT2D eigenvalue weighted by Gasteiger charge is -2.20. The average molecular weight is 419 g/mol. The molecule has 0 bridgehead atoms. The maximum Gasteiger partial charge on any atom is 0.320 e. The Morgan fingerprint density at radius 2 is 1.45 bits per heavy atom. The highest BCUT2D eigenvalue weighted by molar-refractivity contribution is 5.87. The number of nitrogens with one attached hydrogen (secondary N) is 1. The number of imidazole rings is 1. The highest BCUT2D eigenvalue weighted by atomic mass is 19.3. The first-order valence-corrected chi connectivity index (χ1v) is 10.2. The number of carbonyl (C=O) groups excluding carboxylic acids is 1. The Morgan fingerprint density at radius 3 is 2.03 bits per heavy atom. The topological polar surface area (TPSA) is 46.9 Å². The van der Waals surface area contributed by atoms with Gasteiger partial charge in [0.2, 0.25) is 5.91 Å². The molecule has 0 aliphatic heterocycles. The summed E-state index contributed by atoms with van der Waals surface area (Å²) in [7, 11) is 0. The molecule has 4 aromatic rings. The molecular formula is C25H23F2N3O. The van der Waals surface area contributed by atoms with Crippen LogP contribution < -0.4 is 5.32 Å². The number of alkyl halides is 2. The van der Waals surface area contributed by atoms with Crippen LogP contribution >= 0.6 is 0 Å². The summed E-state index contributed by atoms with van der Waals surface area (Å²) in [5, 5.41) is 2.95. The number of fused-ring (bicyclic) bond motifs is 1. The number of benzene rings is 3. The van der Waals surface area contributed by atoms with Gasteiger partial charge < -0.3 is 5.32 Å². The number of aromatic nitrogens is 2. The lowest BCUT2D eigenvalue weighted by Crippen LogP contribution is -2.33. The van der Waals surface area contributed by atoms with E-state index in [1.807, 2.05) is 60.7 Å². The molecule has 0 radical (unpaired) electrons. The second-order valence-electron chi connectivity index (χ2n) is 7.51. The highest BCUT2D eigenvalue weighted by Gasteiger charge is 2.25. The summed E-state index contributed by atoms with van der Waals surface area (Å²) in [4.78, 5) is 17.6. The van der Waals surface area contributed by atoms with Crippen LogP contribution in [0.15, 0.2) is 84.9 Å². The Balaban J connectivity index is 1.57. The minimum absolute atomic E-state index is 0.177. The number of hydrogen-bond donors (Lipinski definition) is 1. The number of rotatable bonds is 7. The van der Waals surface area contributed by atoms with Crippen LogP contribution in [0, 0.1) is 0 Å². The van der Waals surface area contributed by atoms with Crippen molar-refractivity contribution >= 4 is 16.9 Å². The Morgan fingerprint density at radius 1 is 0.903 bits per heavy atom. The molecule has 0 aliphatic carbocycles. The zero-order valence-corrected chi connectivity index (χ0v) is 17.1. The first-order chi connectivity index (χ1) is 15.1. The number of amides is 1. The van der Waals surface area contributed by atoms with Gasteiger partial charge in [-0.1, -0.05) is 79.7 Å². The van der Waals surface area contributed by atoms with Gasteiger partial charge in [0.25, 0.3) is 0 Å². The molecule has 1 heterocycles. The van der Waals surface area contributed by atoms with E-state index in [2.05, 4.69) is 10.3 Å². The number of para-hydroxylation sites is 2. The molecule has 158 valence electrons. The molecule has 0 saturated carbocycles. The van der Waals surface area contributed by atoms with Crippen LogP contribution in [0.4, 0.5) is 8.78 Å². The smallest absolute Gasteiger partial charge is 0.320 e. The van der Waals surface area contributed by atoms with E-state index in [-0.39, 0.29) is 18.3 Å². The Labute approximate surface area is 179 Å². The van der Waals surface area contributed by atoms with E-state index in [4.69, 9.17) is 0 Å². The van der Waals surface area contributed by atoms with Crippen LogP contribution in [0.25, 0.3) is 11.0 Å². The van der Waals surface area contributed by atoms with Crippen molar-refractivity contribution in [3.8, 4) is 0 Å². The quantitative estimate of drug-likeness (QED) is 0.431. The van der Waals surface area contributed by atoms with Crippen LogP contribution in [0.3, 0.4) is 0 Å². The number of nitrogens with zero attached hydrogens (tertiary/aromatic N) is 2. The summed E-state index contributed by atoms with van der Waals surface area (Å²) in [5.41, 5.74) is 2.65. The third-order valence-corrected chi connectivity index (χ3v) is 5.37. The van der Waals surface area contributed by atoms with Gasteiger partial charge in [0.05, 0.1) is 17.0 Å². The van der Waals surface area contributed by atoms with Crippen molar-refractivity contribution in [2.45, 2.75) is 25.3 Å². The monoisotopic (exact) mass is 419 g/mol. The lowest BCUT2D eigenvalue weighted by molar-refractivity contribution is -0.121. The first kappa shape index (κ1) is 20.7. The SMILES string of the molecule is CC(CNC(=O)C(c1ccccc1)c1ccccc1)c1nc2ccccc2n1C(F)F. The van der Waals surface area contributed by atoms with Gasteiger partial charge in [0.15, 0.2) is 0 Å². The third kappa shape index (κ3) is 4.33. The fraction of sp³-hybridized carbons (Fsp3) is 0.200. The summed E-state index contributed by atoms with van der Waals surface area (Å²) in [6.07, 6.45) is 0. The van der Waals surface area contributed by atoms with E-state index in [9.17, 15) is 13.6 Å². The number of carbonyl (C=O) groups is 1. The van der Waals surface area contributed by atoms with Crippen LogP contribution in [-0.2, 0) is 4.79 Å². The normalized spacial score (nSPS) is 12.4. The fourth-order valence-corrected chi connectivity index (χ4v) is 3.85. The molecule has 0 aliphatic rings. The van der Waals surface area contributed by atoms with Crippen LogP contribution in [0.2, 0.25) is 0 Å². The van der Waals surface area contributed by atoms with E-state index in [0.717, 1.165) is 15.7 Å². The molecule has 0 saturated heterocycles. The molecular weight excluding hydrogens is 396 g/mol. The van der Waals surface area contributed by atoms with Crippen molar-refractivity contribution in [3.05, 3.63) is 102 Å². The number of hydrogen-bond acceptors (Lipinski definition) is 2. The summed E-state index contributed by atoms with van der Waals surface area (Å²) in [5.74, 6) is -0.794. The molecule has 4 rings (SSSR count). The zero-order valence-electron chi connectivity index (χ0n) is 17.1. The maximum absolute atomic E-state index is 13.8. The van der Waals surface area contributed by atoms with Crippen molar-refractivity contribution in [2.75, 3.05) is 6.54 Å². The van der Waals surface area contributed by atoms with Crippen molar-refractivity contribution in [1.29, 1.82) is 0 Å². The van der Waals surface area contributed by atoms with E-state index < -0.39 is 18.4 Å². The van der Waals surface area contributed by atoms with Gasteiger partial charge in [-0.05, 0) is 23.3 Å². The number of halogens is 2. The van der Waals surface area contributed by atoms with Crippen molar-refractivity contribution in [1.82, 2.24) is 14.9 Å². The third-order valence-electron chi connectivity index (χ3n) is 5.37. The Kier molecular flexibility index (Phi) is 6.07. The predicted molar refractivity (Wildman–Crippen MR) is 117 cm³/mol. The summed E-state index contributed by atoms with van der Waals surface area (Å²) < 4.78 is 28.5. The van der Waals surface area contributed by atoms with Crippen molar-refractivity contribution in [2.24, 2.45) is 0 Å². The minimum atomic E-state index is -2.71. The van der Waals surface area contributed by atoms with E-state index in [0.29, 0.717) is 11.0 Å². The summed E-state index contributed by atoms with van der Waals surface area (Å²) >= 11 is 0. The molecule has 6 heteroatoms. The van der Waals surface area contributed by atoms with Gasteiger partial charge in [-0.25, -0.2) is 4.98 Å². The molecule has 1 amide bonds. The maximum atomic E-state index is 13.8. The average Bonchev–Trinajstić information content (AvgIpc) is 3.19. The van der Waals surface area contributed by atoms with Gasteiger partial charge in [-0.15, -0.1) is 0 Å². The van der Waals surface area contributed by atoms with Gasteiger partial charge >= 0.3 is 6.55 Å². The largest absolute Gasteiger partial charge is 0.355 e. The molecule has 0 spiro atoms. The second-order valence-corrected chi connectivity index (χ2v) is 7.51. The molecule has 1 atom stereocenters. The molecule has 0 fully saturated rings. The van der Waals surface area contributed by atoms with Crippen molar-refractivity contribution in [3.63, 3.8) is 0 Å². The summed E-state index contributed by atoms with van der Waals surface area (Å²) in [6.45, 7) is -0.715. The molecule has 4 nitrogen and oxygen atoms in total. The van der Waals surface area contributed by atoms with Crippen molar-refractivity contribution < 1.29 is 13.6 Å². The Bertz CT molecular complexity index is 1120. The zero-order chi connectivity index (χ0) is 21.8. The van der Waals surface area contributed by atoms with Crippen LogP contribution in [-0.4, -0.2) is 22.0 Å². The Hall–Kier alpha value is -3.54. The van der Waals surface area contributed by atoms with E-state index in [1.165, 1.54) is 0 Å². The van der Waals surface area contributed by atoms with Gasteiger partial charge in [-0.3, -0.25) is 9.36 Å². The molecule has 1 unspecified atom stereocenters. The predicted octanol–water partition coefficient (Wildman–Crippen LogP) is 5.48. The summed E-state index contributed by atoms with van der Waals surface area (Å²) in [6, 6.07) is 25.9. The van der Waals surface area contributed by atoms with E-state index >= 15 is 0 Å². The minimum Gasteiger partial charge on any atom is -0.355 e. The molecule has 31 heavy (non-hydrogen) atoms. The standard InChI is InChI=1S/C25H23F2N3O/c1-17(23-29-20-14-8-9-15-21(20)30(23)25(26)27)16-28-24(31)22(18-10-4-2-5-11-18)19-12-6-3-7-13-19/h2-15,17,22,25H,16H2,1H3,(H,28,31). The highest BCUT2D eigenvalue weighted by Crippen LogP contribution is 2.28. The van der Waals surface area contributed by atoms with Crippen LogP contribution in [0.5, 0.6) is 0 Å². The van der Waals surface area contributed by atoms with Gasteiger partial charge in [0.1, 0.15) is 5.82 Å². The molecule has 3 aromatic carbocycles. The van der Waals surface area contributed by atoms with Gasteiger partial charge in [0, 0.05) is 12.5 Å². The first-order valence-electron chi connectivity index (χ1n) is 10.2. The second kappa shape index (κ2) is 9.08. The van der Waals surface area contributed by atoms with E-state index in [1.54, 1.807) is 31.2 Å². The molecule has 1 aromatic heterocycles. The van der Waals surface area contributed by atoms with Gasteiger partial charge in [-0.2, -0.15) is 8.78 Å². The van der Waals surface area contributed by atoms with Crippen LogP contribution in [0.1, 0.15) is 42.3 Å². The fourth-order valence-electron chi connectivity index (χ4n) is 3.85.